The molecule has 0 radical (unpaired) electrons. The molecule has 0 spiro atoms. The Labute approximate surface area is 259 Å². The van der Waals surface area contributed by atoms with Gasteiger partial charge in [-0.05, 0) is 63.0 Å². The van der Waals surface area contributed by atoms with Crippen molar-refractivity contribution in [2.24, 2.45) is 0 Å². The number of rotatable bonds is 5. The van der Waals surface area contributed by atoms with E-state index in [1.54, 1.807) is 0 Å². The largest absolute Gasteiger partial charge is 0.309 e. The van der Waals surface area contributed by atoms with Crippen LogP contribution in [0.15, 0.2) is 164 Å². The summed E-state index contributed by atoms with van der Waals surface area (Å²) in [5.74, 6) is 0. The van der Waals surface area contributed by atoms with Crippen LogP contribution in [0.4, 0.5) is 17.1 Å². The molecule has 0 atom stereocenters. The molecule has 0 amide bonds. The standard InChI is InChI=1S/C43H33N/c1-43(2)38-27-15-13-26-37(38)41-39(43)29-31-19-9-10-23-34(31)42(41)44(32-20-7-4-8-21-32)40-28-16-14-25-36(40)35-24-12-11-22-33(35)30-17-5-3-6-18-30/h3-29H,1-2H3. The van der Waals surface area contributed by atoms with E-state index in [9.17, 15) is 0 Å². The molecule has 7 aromatic carbocycles. The summed E-state index contributed by atoms with van der Waals surface area (Å²) in [4.78, 5) is 2.51. The third-order valence-corrected chi connectivity index (χ3v) is 9.25. The molecule has 44 heavy (non-hydrogen) atoms. The summed E-state index contributed by atoms with van der Waals surface area (Å²) < 4.78 is 0. The first kappa shape index (κ1) is 26.2. The van der Waals surface area contributed by atoms with Crippen LogP contribution in [-0.2, 0) is 5.41 Å². The first-order chi connectivity index (χ1) is 21.6. The van der Waals surface area contributed by atoms with Gasteiger partial charge in [-0.3, -0.25) is 0 Å². The number of para-hydroxylation sites is 2. The van der Waals surface area contributed by atoms with Crippen molar-refractivity contribution in [2.75, 3.05) is 4.90 Å². The fourth-order valence-electron chi connectivity index (χ4n) is 7.17. The van der Waals surface area contributed by atoms with Gasteiger partial charge in [0.05, 0.1) is 11.4 Å². The lowest BCUT2D eigenvalue weighted by Gasteiger charge is -2.32. The lowest BCUT2D eigenvalue weighted by Crippen LogP contribution is -2.16. The highest BCUT2D eigenvalue weighted by Crippen LogP contribution is 2.57. The molecule has 0 aromatic heterocycles. The number of nitrogens with zero attached hydrogens (tertiary/aromatic N) is 1. The molecule has 8 rings (SSSR count). The minimum absolute atomic E-state index is 0.119. The van der Waals surface area contributed by atoms with E-state index in [2.05, 4.69) is 183 Å². The first-order valence-electron chi connectivity index (χ1n) is 15.4. The van der Waals surface area contributed by atoms with E-state index < -0.39 is 0 Å². The Hall–Kier alpha value is -5.40. The molecule has 1 aliphatic carbocycles. The lowest BCUT2D eigenvalue weighted by molar-refractivity contribution is 0.661. The van der Waals surface area contributed by atoms with E-state index in [0.29, 0.717) is 0 Å². The second kappa shape index (κ2) is 10.4. The Kier molecular flexibility index (Phi) is 6.20. The first-order valence-corrected chi connectivity index (χ1v) is 15.4. The Morgan fingerprint density at radius 1 is 0.455 bits per heavy atom. The highest BCUT2D eigenvalue weighted by molar-refractivity contribution is 6.11. The number of anilines is 3. The normalized spacial score (nSPS) is 13.0. The maximum absolute atomic E-state index is 2.51. The molecule has 0 heterocycles. The van der Waals surface area contributed by atoms with Crippen LogP contribution in [0.5, 0.6) is 0 Å². The minimum atomic E-state index is -0.119. The number of hydrogen-bond acceptors (Lipinski definition) is 1. The molecule has 0 fully saturated rings. The van der Waals surface area contributed by atoms with E-state index in [0.717, 1.165) is 11.4 Å². The second-order valence-corrected chi connectivity index (χ2v) is 12.1. The number of benzene rings is 7. The van der Waals surface area contributed by atoms with Crippen molar-refractivity contribution >= 4 is 27.8 Å². The summed E-state index contributed by atoms with van der Waals surface area (Å²) in [5.41, 5.74) is 13.6. The van der Waals surface area contributed by atoms with Crippen LogP contribution in [0.3, 0.4) is 0 Å². The molecular weight excluding hydrogens is 530 g/mol. The minimum Gasteiger partial charge on any atom is -0.309 e. The van der Waals surface area contributed by atoms with Crippen molar-refractivity contribution in [1.29, 1.82) is 0 Å². The van der Waals surface area contributed by atoms with Gasteiger partial charge in [0.15, 0.2) is 0 Å². The number of hydrogen-bond donors (Lipinski definition) is 0. The van der Waals surface area contributed by atoms with Crippen molar-refractivity contribution in [1.82, 2.24) is 0 Å². The second-order valence-electron chi connectivity index (χ2n) is 12.1. The summed E-state index contributed by atoms with van der Waals surface area (Å²) in [6, 6.07) is 59.5. The summed E-state index contributed by atoms with van der Waals surface area (Å²) in [6.45, 7) is 4.74. The van der Waals surface area contributed by atoms with Crippen LogP contribution >= 0.6 is 0 Å². The monoisotopic (exact) mass is 563 g/mol. The predicted molar refractivity (Wildman–Crippen MR) is 187 cm³/mol. The van der Waals surface area contributed by atoms with Crippen molar-refractivity contribution in [2.45, 2.75) is 19.3 Å². The SMILES string of the molecule is CC1(C)c2ccccc2-c2c1cc1ccccc1c2N(c1ccccc1)c1ccccc1-c1ccccc1-c1ccccc1. The summed E-state index contributed by atoms with van der Waals surface area (Å²) in [6.07, 6.45) is 0. The van der Waals surface area contributed by atoms with Gasteiger partial charge in [-0.15, -0.1) is 0 Å². The lowest BCUT2D eigenvalue weighted by atomic mass is 9.81. The van der Waals surface area contributed by atoms with Gasteiger partial charge in [0.1, 0.15) is 0 Å². The highest BCUT2D eigenvalue weighted by atomic mass is 15.1. The summed E-state index contributed by atoms with van der Waals surface area (Å²) in [5, 5.41) is 2.50. The van der Waals surface area contributed by atoms with E-state index >= 15 is 0 Å². The van der Waals surface area contributed by atoms with Crippen molar-refractivity contribution in [3.05, 3.63) is 175 Å². The zero-order valence-electron chi connectivity index (χ0n) is 25.0. The molecule has 0 bridgehead atoms. The van der Waals surface area contributed by atoms with E-state index in [4.69, 9.17) is 0 Å². The summed E-state index contributed by atoms with van der Waals surface area (Å²) in [7, 11) is 0. The quantitative estimate of drug-likeness (QED) is 0.201. The molecule has 0 unspecified atom stereocenters. The zero-order chi connectivity index (χ0) is 29.7. The van der Waals surface area contributed by atoms with Crippen molar-refractivity contribution in [3.8, 4) is 33.4 Å². The zero-order valence-corrected chi connectivity index (χ0v) is 25.0. The molecule has 0 aliphatic heterocycles. The van der Waals surface area contributed by atoms with Crippen molar-refractivity contribution < 1.29 is 0 Å². The van der Waals surface area contributed by atoms with E-state index in [1.165, 1.54) is 61.0 Å². The summed E-state index contributed by atoms with van der Waals surface area (Å²) >= 11 is 0. The fourth-order valence-corrected chi connectivity index (χ4v) is 7.17. The van der Waals surface area contributed by atoms with Gasteiger partial charge in [-0.1, -0.05) is 153 Å². The average molecular weight is 564 g/mol. The Balaban J connectivity index is 1.49. The van der Waals surface area contributed by atoms with Crippen molar-refractivity contribution in [3.63, 3.8) is 0 Å². The molecule has 1 nitrogen and oxygen atoms in total. The molecule has 7 aromatic rings. The molecule has 210 valence electrons. The molecular formula is C43H33N. The van der Waals surface area contributed by atoms with Crippen LogP contribution in [-0.4, -0.2) is 0 Å². The predicted octanol–water partition coefficient (Wildman–Crippen LogP) is 11.9. The fraction of sp³-hybridized carbons (Fsp3) is 0.0698. The Bertz CT molecular complexity index is 2140. The van der Waals surface area contributed by atoms with Gasteiger partial charge in [-0.25, -0.2) is 0 Å². The average Bonchev–Trinajstić information content (AvgIpc) is 3.31. The highest BCUT2D eigenvalue weighted by Gasteiger charge is 2.39. The van der Waals surface area contributed by atoms with Crippen LogP contribution in [0.1, 0.15) is 25.0 Å². The third-order valence-electron chi connectivity index (χ3n) is 9.25. The smallest absolute Gasteiger partial charge is 0.0621 e. The van der Waals surface area contributed by atoms with Crippen LogP contribution in [0.25, 0.3) is 44.2 Å². The maximum atomic E-state index is 2.51. The third kappa shape index (κ3) is 4.08. The Morgan fingerprint density at radius 3 is 1.80 bits per heavy atom. The topological polar surface area (TPSA) is 3.24 Å². The van der Waals surface area contributed by atoms with Gasteiger partial charge in [0, 0.05) is 27.6 Å². The van der Waals surface area contributed by atoms with E-state index in [1.807, 2.05) is 0 Å². The van der Waals surface area contributed by atoms with Crippen LogP contribution in [0.2, 0.25) is 0 Å². The van der Waals surface area contributed by atoms with Crippen LogP contribution < -0.4 is 4.90 Å². The molecule has 1 aliphatic rings. The Morgan fingerprint density at radius 2 is 1.02 bits per heavy atom. The molecule has 0 saturated heterocycles. The van der Waals surface area contributed by atoms with Gasteiger partial charge in [0.25, 0.3) is 0 Å². The van der Waals surface area contributed by atoms with Gasteiger partial charge >= 0.3 is 0 Å². The van der Waals surface area contributed by atoms with E-state index in [-0.39, 0.29) is 5.41 Å². The van der Waals surface area contributed by atoms with Gasteiger partial charge in [-0.2, -0.15) is 0 Å². The number of fused-ring (bicyclic) bond motifs is 4. The molecule has 0 N–H and O–H groups in total. The van der Waals surface area contributed by atoms with Gasteiger partial charge in [0.2, 0.25) is 0 Å². The maximum Gasteiger partial charge on any atom is 0.0621 e. The molecule has 0 saturated carbocycles. The van der Waals surface area contributed by atoms with Crippen LogP contribution in [0, 0.1) is 0 Å². The van der Waals surface area contributed by atoms with Gasteiger partial charge < -0.3 is 4.90 Å². The molecule has 1 heteroatoms.